The van der Waals surface area contributed by atoms with Gasteiger partial charge in [-0.05, 0) is 25.2 Å². The average Bonchev–Trinajstić information content (AvgIpc) is 2.77. The molecule has 1 aliphatic rings. The van der Waals surface area contributed by atoms with Crippen LogP contribution in [0.3, 0.4) is 0 Å². The second kappa shape index (κ2) is 6.76. The number of aliphatic hydroxyl groups excluding tert-OH is 1. The van der Waals surface area contributed by atoms with Crippen molar-refractivity contribution in [3.8, 4) is 0 Å². The molecule has 0 unspecified atom stereocenters. The summed E-state index contributed by atoms with van der Waals surface area (Å²) in [6.45, 7) is 6.72. The Morgan fingerprint density at radius 3 is 2.45 bits per heavy atom. The third kappa shape index (κ3) is 3.48. The standard InChI is InChI=1S/C15H23N3O3S/c1-4-18(5-2)11-12(19)10-17(3)15-13-8-6-7-9-14(13)22(20,21)16-15/h6-9,12,19H,4-5,10-11H2,1-3H3/t12-/m1/s1. The molecule has 0 amide bonds. The van der Waals surface area contributed by atoms with Crippen LogP contribution in [0.5, 0.6) is 0 Å². The smallest absolute Gasteiger partial charge is 0.285 e. The first-order valence-corrected chi connectivity index (χ1v) is 8.89. The Morgan fingerprint density at radius 1 is 1.18 bits per heavy atom. The first kappa shape index (κ1) is 16.9. The summed E-state index contributed by atoms with van der Waals surface area (Å²) in [4.78, 5) is 4.06. The lowest BCUT2D eigenvalue weighted by molar-refractivity contribution is 0.102. The second-order valence-corrected chi connectivity index (χ2v) is 6.98. The fourth-order valence-electron chi connectivity index (χ4n) is 2.60. The normalized spacial score (nSPS) is 17.2. The molecular weight excluding hydrogens is 302 g/mol. The van der Waals surface area contributed by atoms with Crippen LogP contribution in [-0.4, -0.2) is 68.5 Å². The summed E-state index contributed by atoms with van der Waals surface area (Å²) < 4.78 is 27.9. The Labute approximate surface area is 132 Å². The summed E-state index contributed by atoms with van der Waals surface area (Å²) in [6.07, 6.45) is -0.567. The van der Waals surface area contributed by atoms with Gasteiger partial charge in [-0.25, -0.2) is 0 Å². The zero-order chi connectivity index (χ0) is 16.3. The van der Waals surface area contributed by atoms with Gasteiger partial charge in [0.15, 0.2) is 5.84 Å². The number of hydrogen-bond acceptors (Lipinski definition) is 5. The number of sulfonamides is 1. The molecule has 0 bridgehead atoms. The molecule has 0 fully saturated rings. The van der Waals surface area contributed by atoms with Crippen LogP contribution in [0.1, 0.15) is 19.4 Å². The number of aliphatic hydroxyl groups is 1. The van der Waals surface area contributed by atoms with E-state index in [2.05, 4.69) is 9.30 Å². The van der Waals surface area contributed by atoms with Gasteiger partial charge in [-0.15, -0.1) is 4.40 Å². The zero-order valence-electron chi connectivity index (χ0n) is 13.2. The Kier molecular flexibility index (Phi) is 5.20. The summed E-state index contributed by atoms with van der Waals surface area (Å²) in [5.74, 6) is 0.397. The zero-order valence-corrected chi connectivity index (χ0v) is 14.0. The van der Waals surface area contributed by atoms with E-state index >= 15 is 0 Å². The molecule has 0 aromatic heterocycles. The third-order valence-corrected chi connectivity index (χ3v) is 5.15. The SMILES string of the molecule is CCN(CC)C[C@H](O)CN(C)C1=NS(=O)(=O)c2ccccc21. The molecule has 6 nitrogen and oxygen atoms in total. The van der Waals surface area contributed by atoms with E-state index in [1.54, 1.807) is 36.2 Å². The molecule has 0 saturated heterocycles. The number of rotatable bonds is 6. The van der Waals surface area contributed by atoms with Crippen molar-refractivity contribution in [1.82, 2.24) is 9.80 Å². The summed E-state index contributed by atoms with van der Waals surface area (Å²) in [6, 6.07) is 6.77. The predicted molar refractivity (Wildman–Crippen MR) is 86.6 cm³/mol. The van der Waals surface area contributed by atoms with E-state index < -0.39 is 16.1 Å². The van der Waals surface area contributed by atoms with Gasteiger partial charge in [-0.1, -0.05) is 26.0 Å². The minimum atomic E-state index is -3.61. The van der Waals surface area contributed by atoms with Gasteiger partial charge in [0.25, 0.3) is 10.0 Å². The monoisotopic (exact) mass is 325 g/mol. The van der Waals surface area contributed by atoms with Crippen LogP contribution in [0.25, 0.3) is 0 Å². The van der Waals surface area contributed by atoms with E-state index in [9.17, 15) is 13.5 Å². The minimum absolute atomic E-state index is 0.232. The quantitative estimate of drug-likeness (QED) is 0.836. The maximum atomic E-state index is 12.0. The summed E-state index contributed by atoms with van der Waals surface area (Å²) in [5, 5.41) is 10.2. The largest absolute Gasteiger partial charge is 0.390 e. The highest BCUT2D eigenvalue weighted by molar-refractivity contribution is 7.90. The number of amidine groups is 1. The molecule has 1 heterocycles. The lowest BCUT2D eigenvalue weighted by Crippen LogP contribution is -2.41. The minimum Gasteiger partial charge on any atom is -0.390 e. The summed E-state index contributed by atoms with van der Waals surface area (Å²) in [7, 11) is -1.86. The lowest BCUT2D eigenvalue weighted by atomic mass is 10.2. The van der Waals surface area contributed by atoms with E-state index in [1.165, 1.54) is 0 Å². The maximum absolute atomic E-state index is 12.0. The van der Waals surface area contributed by atoms with Crippen LogP contribution in [0.4, 0.5) is 0 Å². The lowest BCUT2D eigenvalue weighted by Gasteiger charge is -2.26. The van der Waals surface area contributed by atoms with Crippen molar-refractivity contribution in [3.05, 3.63) is 29.8 Å². The number of nitrogens with zero attached hydrogens (tertiary/aromatic N) is 3. The van der Waals surface area contributed by atoms with Crippen molar-refractivity contribution in [3.63, 3.8) is 0 Å². The van der Waals surface area contributed by atoms with Crippen LogP contribution < -0.4 is 0 Å². The molecule has 22 heavy (non-hydrogen) atoms. The van der Waals surface area contributed by atoms with Crippen molar-refractivity contribution in [2.75, 3.05) is 33.2 Å². The highest BCUT2D eigenvalue weighted by Gasteiger charge is 2.30. The Balaban J connectivity index is 2.13. The van der Waals surface area contributed by atoms with Crippen molar-refractivity contribution in [2.24, 2.45) is 4.40 Å². The fraction of sp³-hybridized carbons (Fsp3) is 0.533. The third-order valence-electron chi connectivity index (χ3n) is 3.82. The molecule has 1 aliphatic heterocycles. The Morgan fingerprint density at radius 2 is 1.82 bits per heavy atom. The molecule has 0 spiro atoms. The number of likely N-dealkylation sites (N-methyl/N-ethyl adjacent to an activating group) is 2. The van der Waals surface area contributed by atoms with Crippen molar-refractivity contribution < 1.29 is 13.5 Å². The highest BCUT2D eigenvalue weighted by Crippen LogP contribution is 2.26. The molecule has 1 N–H and O–H groups in total. The van der Waals surface area contributed by atoms with Gasteiger partial charge in [0, 0.05) is 25.7 Å². The number of hydrogen-bond donors (Lipinski definition) is 1. The van der Waals surface area contributed by atoms with Crippen molar-refractivity contribution in [2.45, 2.75) is 24.8 Å². The first-order valence-electron chi connectivity index (χ1n) is 7.45. The van der Waals surface area contributed by atoms with Gasteiger partial charge in [0.1, 0.15) is 4.90 Å². The molecular formula is C15H23N3O3S. The molecule has 0 radical (unpaired) electrons. The summed E-state index contributed by atoms with van der Waals surface area (Å²) in [5.41, 5.74) is 0.597. The first-order chi connectivity index (χ1) is 10.4. The number of benzene rings is 1. The molecule has 7 heteroatoms. The average molecular weight is 325 g/mol. The molecule has 1 aromatic rings. The second-order valence-electron chi connectivity index (χ2n) is 5.41. The van der Waals surface area contributed by atoms with E-state index in [1.807, 2.05) is 13.8 Å². The number of fused-ring (bicyclic) bond motifs is 1. The van der Waals surface area contributed by atoms with Gasteiger partial charge in [0.2, 0.25) is 0 Å². The Bertz CT molecular complexity index is 654. The van der Waals surface area contributed by atoms with Crippen LogP contribution >= 0.6 is 0 Å². The molecule has 122 valence electrons. The fourth-order valence-corrected chi connectivity index (χ4v) is 3.86. The molecule has 1 aromatic carbocycles. The van der Waals surface area contributed by atoms with Crippen LogP contribution in [0.15, 0.2) is 33.6 Å². The van der Waals surface area contributed by atoms with E-state index in [-0.39, 0.29) is 4.90 Å². The van der Waals surface area contributed by atoms with E-state index in [0.29, 0.717) is 24.5 Å². The topological polar surface area (TPSA) is 73.2 Å². The van der Waals surface area contributed by atoms with E-state index in [4.69, 9.17) is 0 Å². The molecule has 0 saturated carbocycles. The van der Waals surface area contributed by atoms with Gasteiger partial charge < -0.3 is 14.9 Å². The van der Waals surface area contributed by atoms with Gasteiger partial charge in [0.05, 0.1) is 6.10 Å². The highest BCUT2D eigenvalue weighted by atomic mass is 32.2. The Hall–Kier alpha value is -1.44. The van der Waals surface area contributed by atoms with Crippen LogP contribution in [0, 0.1) is 0 Å². The van der Waals surface area contributed by atoms with Gasteiger partial charge in [-0.2, -0.15) is 8.42 Å². The van der Waals surface area contributed by atoms with Crippen molar-refractivity contribution in [1.29, 1.82) is 0 Å². The molecule has 0 aliphatic carbocycles. The maximum Gasteiger partial charge on any atom is 0.285 e. The van der Waals surface area contributed by atoms with Crippen LogP contribution in [0.2, 0.25) is 0 Å². The predicted octanol–water partition coefficient (Wildman–Crippen LogP) is 0.770. The van der Waals surface area contributed by atoms with Gasteiger partial charge in [-0.3, -0.25) is 0 Å². The van der Waals surface area contributed by atoms with E-state index in [0.717, 1.165) is 13.1 Å². The van der Waals surface area contributed by atoms with Crippen molar-refractivity contribution >= 4 is 15.9 Å². The summed E-state index contributed by atoms with van der Waals surface area (Å²) >= 11 is 0. The molecule has 1 atom stereocenters. The molecule has 2 rings (SSSR count). The van der Waals surface area contributed by atoms with Crippen LogP contribution in [-0.2, 0) is 10.0 Å². The van der Waals surface area contributed by atoms with Gasteiger partial charge >= 0.3 is 0 Å².